The third-order valence-electron chi connectivity index (χ3n) is 2.87. The van der Waals surface area contributed by atoms with E-state index in [9.17, 15) is 4.79 Å². The summed E-state index contributed by atoms with van der Waals surface area (Å²) >= 11 is 0. The van der Waals surface area contributed by atoms with Gasteiger partial charge in [-0.15, -0.1) is 0 Å². The van der Waals surface area contributed by atoms with Crippen LogP contribution in [0, 0.1) is 5.92 Å². The molecule has 0 saturated carbocycles. The smallest absolute Gasteiger partial charge is 0.220 e. The van der Waals surface area contributed by atoms with Crippen LogP contribution in [0.1, 0.15) is 52.9 Å². The lowest BCUT2D eigenvalue weighted by Gasteiger charge is -2.15. The molecule has 0 aliphatic heterocycles. The maximum atomic E-state index is 11.5. The van der Waals surface area contributed by atoms with E-state index in [1.807, 2.05) is 0 Å². The molecule has 0 heterocycles. The van der Waals surface area contributed by atoms with Gasteiger partial charge in [0.15, 0.2) is 0 Å². The molecule has 0 aromatic rings. The first-order valence-corrected chi connectivity index (χ1v) is 6.13. The predicted octanol–water partition coefficient (Wildman–Crippen LogP) is 2.06. The molecule has 0 rings (SSSR count). The van der Waals surface area contributed by atoms with Gasteiger partial charge in [0.2, 0.25) is 5.91 Å². The number of carbonyl (C=O) groups excluding carboxylic acids is 1. The standard InChI is InChI=1S/C12H26N2O/c1-4-11(5-2)14-12(15)7-6-10(3)8-9-13/h10-11H,4-9,13H2,1-3H3,(H,14,15). The van der Waals surface area contributed by atoms with Gasteiger partial charge in [-0.2, -0.15) is 0 Å². The fraction of sp³-hybridized carbons (Fsp3) is 0.917. The number of hydrogen-bond acceptors (Lipinski definition) is 2. The van der Waals surface area contributed by atoms with Crippen molar-refractivity contribution in [2.45, 2.75) is 58.9 Å². The average molecular weight is 214 g/mol. The minimum Gasteiger partial charge on any atom is -0.353 e. The number of rotatable bonds is 8. The summed E-state index contributed by atoms with van der Waals surface area (Å²) < 4.78 is 0. The third kappa shape index (κ3) is 7.37. The summed E-state index contributed by atoms with van der Waals surface area (Å²) in [6.07, 6.45) is 4.63. The Balaban J connectivity index is 3.64. The van der Waals surface area contributed by atoms with Crippen LogP contribution in [0.4, 0.5) is 0 Å². The van der Waals surface area contributed by atoms with Crippen molar-refractivity contribution < 1.29 is 4.79 Å². The molecule has 0 saturated heterocycles. The molecule has 0 spiro atoms. The van der Waals surface area contributed by atoms with Crippen molar-refractivity contribution in [3.05, 3.63) is 0 Å². The molecule has 1 atom stereocenters. The number of hydrogen-bond donors (Lipinski definition) is 2. The SMILES string of the molecule is CCC(CC)NC(=O)CCC(C)CCN. The summed E-state index contributed by atoms with van der Waals surface area (Å²) in [7, 11) is 0. The summed E-state index contributed by atoms with van der Waals surface area (Å²) in [5.41, 5.74) is 5.46. The molecule has 0 aromatic carbocycles. The lowest BCUT2D eigenvalue weighted by atomic mass is 10.0. The quantitative estimate of drug-likeness (QED) is 0.650. The van der Waals surface area contributed by atoms with E-state index in [2.05, 4.69) is 26.1 Å². The second kappa shape index (κ2) is 8.72. The Labute approximate surface area is 93.8 Å². The van der Waals surface area contributed by atoms with Crippen LogP contribution < -0.4 is 11.1 Å². The molecule has 0 aliphatic rings. The molecule has 1 amide bonds. The highest BCUT2D eigenvalue weighted by atomic mass is 16.1. The van der Waals surface area contributed by atoms with E-state index in [4.69, 9.17) is 5.73 Å². The molecule has 0 fully saturated rings. The summed E-state index contributed by atoms with van der Waals surface area (Å²) in [5, 5.41) is 3.04. The number of carbonyl (C=O) groups is 1. The third-order valence-corrected chi connectivity index (χ3v) is 2.87. The molecule has 1 unspecified atom stereocenters. The fourth-order valence-corrected chi connectivity index (χ4v) is 1.60. The van der Waals surface area contributed by atoms with Crippen molar-refractivity contribution >= 4 is 5.91 Å². The van der Waals surface area contributed by atoms with E-state index in [0.717, 1.165) is 32.2 Å². The predicted molar refractivity (Wildman–Crippen MR) is 64.6 cm³/mol. The van der Waals surface area contributed by atoms with Gasteiger partial charge in [0.1, 0.15) is 0 Å². The van der Waals surface area contributed by atoms with Crippen LogP contribution >= 0.6 is 0 Å². The molecule has 90 valence electrons. The van der Waals surface area contributed by atoms with Crippen molar-refractivity contribution in [1.29, 1.82) is 0 Å². The first-order chi connectivity index (χ1) is 7.13. The topological polar surface area (TPSA) is 55.1 Å². The van der Waals surface area contributed by atoms with Crippen LogP contribution in [0.5, 0.6) is 0 Å². The van der Waals surface area contributed by atoms with Gasteiger partial charge < -0.3 is 11.1 Å². The molecule has 0 radical (unpaired) electrons. The van der Waals surface area contributed by atoms with Crippen molar-refractivity contribution in [1.82, 2.24) is 5.32 Å². The van der Waals surface area contributed by atoms with Gasteiger partial charge in [0.25, 0.3) is 0 Å². The first kappa shape index (κ1) is 14.4. The second-order valence-corrected chi connectivity index (χ2v) is 4.30. The minimum absolute atomic E-state index is 0.188. The monoisotopic (exact) mass is 214 g/mol. The van der Waals surface area contributed by atoms with Crippen LogP contribution in [-0.4, -0.2) is 18.5 Å². The number of nitrogens with two attached hydrogens (primary N) is 1. The molecule has 0 bridgehead atoms. The van der Waals surface area contributed by atoms with Gasteiger partial charge >= 0.3 is 0 Å². The van der Waals surface area contributed by atoms with Crippen LogP contribution in [0.2, 0.25) is 0 Å². The van der Waals surface area contributed by atoms with Gasteiger partial charge in [0, 0.05) is 12.5 Å². The van der Waals surface area contributed by atoms with E-state index in [1.165, 1.54) is 0 Å². The zero-order valence-electron chi connectivity index (χ0n) is 10.4. The Bertz CT molecular complexity index is 167. The maximum Gasteiger partial charge on any atom is 0.220 e. The highest BCUT2D eigenvalue weighted by molar-refractivity contribution is 5.76. The van der Waals surface area contributed by atoms with Crippen molar-refractivity contribution in [3.63, 3.8) is 0 Å². The minimum atomic E-state index is 0.188. The lowest BCUT2D eigenvalue weighted by Crippen LogP contribution is -2.33. The second-order valence-electron chi connectivity index (χ2n) is 4.30. The molecule has 3 N–H and O–H groups in total. The van der Waals surface area contributed by atoms with Crippen molar-refractivity contribution in [3.8, 4) is 0 Å². The molecule has 0 aromatic heterocycles. The number of amides is 1. The summed E-state index contributed by atoms with van der Waals surface area (Å²) in [5.74, 6) is 0.745. The zero-order valence-corrected chi connectivity index (χ0v) is 10.4. The van der Waals surface area contributed by atoms with E-state index in [0.29, 0.717) is 18.4 Å². The van der Waals surface area contributed by atoms with Crippen LogP contribution in [-0.2, 0) is 4.79 Å². The Morgan fingerprint density at radius 3 is 2.33 bits per heavy atom. The summed E-state index contributed by atoms with van der Waals surface area (Å²) in [4.78, 5) is 11.5. The maximum absolute atomic E-state index is 11.5. The average Bonchev–Trinajstić information content (AvgIpc) is 2.23. The normalized spacial score (nSPS) is 12.9. The van der Waals surface area contributed by atoms with Crippen LogP contribution in [0.25, 0.3) is 0 Å². The molecule has 0 aliphatic carbocycles. The fourth-order valence-electron chi connectivity index (χ4n) is 1.60. The van der Waals surface area contributed by atoms with Crippen molar-refractivity contribution in [2.24, 2.45) is 11.7 Å². The van der Waals surface area contributed by atoms with Crippen LogP contribution in [0.3, 0.4) is 0 Å². The van der Waals surface area contributed by atoms with E-state index in [-0.39, 0.29) is 5.91 Å². The molecular formula is C12H26N2O. The highest BCUT2D eigenvalue weighted by Gasteiger charge is 2.09. The summed E-state index contributed by atoms with van der Waals surface area (Å²) in [6.45, 7) is 7.07. The Kier molecular flexibility index (Phi) is 8.38. The summed E-state index contributed by atoms with van der Waals surface area (Å²) in [6, 6.07) is 0.349. The molecule has 3 nitrogen and oxygen atoms in total. The van der Waals surface area contributed by atoms with Gasteiger partial charge in [-0.1, -0.05) is 20.8 Å². The Morgan fingerprint density at radius 2 is 1.87 bits per heavy atom. The first-order valence-electron chi connectivity index (χ1n) is 6.13. The van der Waals surface area contributed by atoms with E-state index >= 15 is 0 Å². The van der Waals surface area contributed by atoms with Crippen LogP contribution in [0.15, 0.2) is 0 Å². The zero-order chi connectivity index (χ0) is 11.7. The van der Waals surface area contributed by atoms with Gasteiger partial charge in [-0.3, -0.25) is 4.79 Å². The van der Waals surface area contributed by atoms with Gasteiger partial charge in [0.05, 0.1) is 0 Å². The molecule has 3 heteroatoms. The van der Waals surface area contributed by atoms with E-state index in [1.54, 1.807) is 0 Å². The van der Waals surface area contributed by atoms with Gasteiger partial charge in [-0.05, 0) is 38.1 Å². The molecule has 15 heavy (non-hydrogen) atoms. The number of nitrogens with one attached hydrogen (secondary N) is 1. The highest BCUT2D eigenvalue weighted by Crippen LogP contribution is 2.09. The Hall–Kier alpha value is -0.570. The lowest BCUT2D eigenvalue weighted by molar-refractivity contribution is -0.122. The Morgan fingerprint density at radius 1 is 1.27 bits per heavy atom. The molecular weight excluding hydrogens is 188 g/mol. The van der Waals surface area contributed by atoms with Gasteiger partial charge in [-0.25, -0.2) is 0 Å². The van der Waals surface area contributed by atoms with Crippen molar-refractivity contribution in [2.75, 3.05) is 6.54 Å². The van der Waals surface area contributed by atoms with E-state index < -0.39 is 0 Å². The largest absolute Gasteiger partial charge is 0.353 e.